The summed E-state index contributed by atoms with van der Waals surface area (Å²) in [4.78, 5) is 9.66. The van der Waals surface area contributed by atoms with Crippen LogP contribution < -0.4 is 0 Å². The standard InChI is InChI=1S/C52H32N2/c1-3-15-33(16-4-1)48-41-21-9-10-22-42(41)49(34-17-5-2-6-18-34)52-44-31-29-38(40-23-13-24-43(50(40)44)51(48)52)37-28-30-39(36-20-8-7-19-35(36)37)45-26-14-27-47(54-45)46-25-11-12-32-53-46/h1-32H. The van der Waals surface area contributed by atoms with Crippen molar-refractivity contribution in [2.75, 3.05) is 0 Å². The van der Waals surface area contributed by atoms with Crippen LogP contribution in [0.5, 0.6) is 0 Å². The highest BCUT2D eigenvalue weighted by molar-refractivity contribution is 6.29. The molecule has 2 aromatic heterocycles. The Hall–Kier alpha value is -7.16. The van der Waals surface area contributed by atoms with E-state index in [2.05, 4.69) is 169 Å². The summed E-state index contributed by atoms with van der Waals surface area (Å²) in [5.41, 5.74) is 16.5. The van der Waals surface area contributed by atoms with Gasteiger partial charge in [-0.2, -0.15) is 0 Å². The molecule has 0 saturated carbocycles. The van der Waals surface area contributed by atoms with E-state index in [-0.39, 0.29) is 0 Å². The number of hydrogen-bond acceptors (Lipinski definition) is 2. The molecule has 2 heterocycles. The van der Waals surface area contributed by atoms with Crippen LogP contribution in [0.3, 0.4) is 0 Å². The minimum atomic E-state index is 0.866. The van der Waals surface area contributed by atoms with Gasteiger partial charge in [0.25, 0.3) is 0 Å². The van der Waals surface area contributed by atoms with Gasteiger partial charge in [-0.25, -0.2) is 4.98 Å². The highest BCUT2D eigenvalue weighted by atomic mass is 14.8. The zero-order valence-corrected chi connectivity index (χ0v) is 29.4. The molecular weight excluding hydrogens is 653 g/mol. The number of nitrogens with zero attached hydrogens (tertiary/aromatic N) is 2. The van der Waals surface area contributed by atoms with Gasteiger partial charge in [-0.05, 0) is 112 Å². The van der Waals surface area contributed by atoms with Crippen molar-refractivity contribution in [1.82, 2.24) is 9.97 Å². The third-order valence-electron chi connectivity index (χ3n) is 11.1. The molecule has 0 atom stereocenters. The Bertz CT molecular complexity index is 2980. The fraction of sp³-hybridized carbons (Fsp3) is 0. The maximum Gasteiger partial charge on any atom is 0.0893 e. The second kappa shape index (κ2) is 12.2. The molecular formula is C52H32N2. The molecule has 0 N–H and O–H groups in total. The van der Waals surface area contributed by atoms with E-state index in [0.29, 0.717) is 0 Å². The molecule has 0 amide bonds. The molecule has 0 unspecified atom stereocenters. The van der Waals surface area contributed by atoms with Gasteiger partial charge in [0.05, 0.1) is 17.1 Å². The van der Waals surface area contributed by atoms with Gasteiger partial charge in [0, 0.05) is 11.8 Å². The van der Waals surface area contributed by atoms with E-state index >= 15 is 0 Å². The van der Waals surface area contributed by atoms with Gasteiger partial charge in [-0.3, -0.25) is 4.98 Å². The minimum Gasteiger partial charge on any atom is -0.255 e. The molecule has 0 aliphatic heterocycles. The van der Waals surface area contributed by atoms with Crippen LogP contribution in [0.1, 0.15) is 0 Å². The van der Waals surface area contributed by atoms with Gasteiger partial charge in [0.2, 0.25) is 0 Å². The molecule has 8 aromatic carbocycles. The molecule has 0 saturated heterocycles. The number of fused-ring (bicyclic) bond motifs is 5. The van der Waals surface area contributed by atoms with Crippen molar-refractivity contribution >= 4 is 32.3 Å². The lowest BCUT2D eigenvalue weighted by Crippen LogP contribution is -1.93. The molecule has 1 aliphatic rings. The average molecular weight is 685 g/mol. The zero-order valence-electron chi connectivity index (χ0n) is 29.4. The molecule has 1 aliphatic carbocycles. The Morgan fingerprint density at radius 2 is 0.722 bits per heavy atom. The Kier molecular flexibility index (Phi) is 6.90. The van der Waals surface area contributed by atoms with Crippen LogP contribution in [0.2, 0.25) is 0 Å². The molecule has 2 nitrogen and oxygen atoms in total. The predicted octanol–water partition coefficient (Wildman–Crippen LogP) is 13.9. The summed E-state index contributed by atoms with van der Waals surface area (Å²) in [6, 6.07) is 67.9. The molecule has 0 spiro atoms. The second-order valence-corrected chi connectivity index (χ2v) is 14.0. The Morgan fingerprint density at radius 1 is 0.259 bits per heavy atom. The van der Waals surface area contributed by atoms with Crippen molar-refractivity contribution < 1.29 is 0 Å². The lowest BCUT2D eigenvalue weighted by Gasteiger charge is -2.20. The van der Waals surface area contributed by atoms with E-state index in [1.807, 2.05) is 30.5 Å². The summed E-state index contributed by atoms with van der Waals surface area (Å²) >= 11 is 0. The van der Waals surface area contributed by atoms with Gasteiger partial charge in [-0.1, -0.05) is 164 Å². The van der Waals surface area contributed by atoms with Crippen LogP contribution in [0, 0.1) is 0 Å². The number of pyridine rings is 2. The Morgan fingerprint density at radius 3 is 1.37 bits per heavy atom. The zero-order chi connectivity index (χ0) is 35.6. The van der Waals surface area contributed by atoms with E-state index in [0.717, 1.165) is 22.6 Å². The predicted molar refractivity (Wildman–Crippen MR) is 226 cm³/mol. The van der Waals surface area contributed by atoms with Crippen LogP contribution >= 0.6 is 0 Å². The lowest BCUT2D eigenvalue weighted by atomic mass is 9.82. The first-order valence-electron chi connectivity index (χ1n) is 18.5. The number of hydrogen-bond donors (Lipinski definition) is 0. The molecule has 250 valence electrons. The summed E-state index contributed by atoms with van der Waals surface area (Å²) < 4.78 is 0. The van der Waals surface area contributed by atoms with Crippen molar-refractivity contribution in [2.24, 2.45) is 0 Å². The van der Waals surface area contributed by atoms with Crippen LogP contribution in [0.4, 0.5) is 0 Å². The summed E-state index contributed by atoms with van der Waals surface area (Å²) in [6.45, 7) is 0. The Labute approximate surface area is 313 Å². The Balaban J connectivity index is 1.17. The fourth-order valence-corrected chi connectivity index (χ4v) is 8.84. The first kappa shape index (κ1) is 30.5. The maximum atomic E-state index is 5.10. The third-order valence-corrected chi connectivity index (χ3v) is 11.1. The van der Waals surface area contributed by atoms with Crippen molar-refractivity contribution in [3.63, 3.8) is 0 Å². The number of aromatic nitrogens is 2. The smallest absolute Gasteiger partial charge is 0.0893 e. The first-order valence-corrected chi connectivity index (χ1v) is 18.5. The molecule has 54 heavy (non-hydrogen) atoms. The normalized spacial score (nSPS) is 11.7. The van der Waals surface area contributed by atoms with Crippen LogP contribution in [0.25, 0.3) is 111 Å². The van der Waals surface area contributed by atoms with Gasteiger partial charge >= 0.3 is 0 Å². The number of benzene rings is 8. The van der Waals surface area contributed by atoms with Gasteiger partial charge in [-0.15, -0.1) is 0 Å². The molecule has 0 radical (unpaired) electrons. The largest absolute Gasteiger partial charge is 0.255 e. The first-order chi connectivity index (χ1) is 26.8. The fourth-order valence-electron chi connectivity index (χ4n) is 8.84. The van der Waals surface area contributed by atoms with Gasteiger partial charge in [0.1, 0.15) is 0 Å². The SMILES string of the molecule is c1ccc(-c2c3c(c(-c4ccccc4)c4ccccc24)-c2ccc(-c4ccc(-c5cccc(-c6ccccn6)n5)c5ccccc45)c4cccc-3c24)cc1. The lowest BCUT2D eigenvalue weighted by molar-refractivity contribution is 1.25. The molecule has 10 aromatic rings. The summed E-state index contributed by atoms with van der Waals surface area (Å²) in [7, 11) is 0. The van der Waals surface area contributed by atoms with Crippen LogP contribution in [-0.4, -0.2) is 9.97 Å². The maximum absolute atomic E-state index is 5.10. The van der Waals surface area contributed by atoms with E-state index in [9.17, 15) is 0 Å². The monoisotopic (exact) mass is 684 g/mol. The second-order valence-electron chi connectivity index (χ2n) is 14.0. The molecule has 0 fully saturated rings. The minimum absolute atomic E-state index is 0.866. The van der Waals surface area contributed by atoms with E-state index in [1.165, 1.54) is 88.0 Å². The van der Waals surface area contributed by atoms with E-state index in [4.69, 9.17) is 4.98 Å². The third kappa shape index (κ3) is 4.60. The molecule has 2 heteroatoms. The van der Waals surface area contributed by atoms with Crippen molar-refractivity contribution in [1.29, 1.82) is 0 Å². The van der Waals surface area contributed by atoms with E-state index in [1.54, 1.807) is 0 Å². The van der Waals surface area contributed by atoms with Crippen molar-refractivity contribution in [2.45, 2.75) is 0 Å². The van der Waals surface area contributed by atoms with Gasteiger partial charge < -0.3 is 0 Å². The van der Waals surface area contributed by atoms with Crippen molar-refractivity contribution in [3.05, 3.63) is 194 Å². The topological polar surface area (TPSA) is 25.8 Å². The van der Waals surface area contributed by atoms with Crippen molar-refractivity contribution in [3.8, 4) is 78.3 Å². The van der Waals surface area contributed by atoms with Crippen LogP contribution in [-0.2, 0) is 0 Å². The average Bonchev–Trinajstić information content (AvgIpc) is 3.58. The summed E-state index contributed by atoms with van der Waals surface area (Å²) in [5.74, 6) is 0. The molecule has 0 bridgehead atoms. The van der Waals surface area contributed by atoms with E-state index < -0.39 is 0 Å². The quantitative estimate of drug-likeness (QED) is 0.180. The molecule has 11 rings (SSSR count). The summed E-state index contributed by atoms with van der Waals surface area (Å²) in [6.07, 6.45) is 1.82. The van der Waals surface area contributed by atoms with Gasteiger partial charge in [0.15, 0.2) is 0 Å². The summed E-state index contributed by atoms with van der Waals surface area (Å²) in [5, 5.41) is 7.50. The highest BCUT2D eigenvalue weighted by Gasteiger charge is 2.31. The highest BCUT2D eigenvalue weighted by Crippen LogP contribution is 2.58. The number of rotatable bonds is 5. The van der Waals surface area contributed by atoms with Crippen LogP contribution in [0.15, 0.2) is 194 Å².